The van der Waals surface area contributed by atoms with Gasteiger partial charge in [-0.15, -0.1) is 5.10 Å². The molecule has 0 radical (unpaired) electrons. The molecule has 1 amide bonds. The van der Waals surface area contributed by atoms with Gasteiger partial charge >= 0.3 is 6.09 Å². The van der Waals surface area contributed by atoms with Crippen molar-refractivity contribution in [3.8, 4) is 0 Å². The predicted molar refractivity (Wildman–Crippen MR) is 86.0 cm³/mol. The van der Waals surface area contributed by atoms with E-state index in [1.54, 1.807) is 4.90 Å². The van der Waals surface area contributed by atoms with E-state index in [0.717, 1.165) is 37.1 Å². The molecule has 0 spiro atoms. The standard InChI is InChI=1S/C16H24ClN3O2/c1-11-8-14(17)19-18-13(11)9-12-6-5-7-20(10-12)15(21)22-16(2,3)4/h8,12H,5-7,9-10H2,1-4H3. The minimum Gasteiger partial charge on any atom is -0.444 e. The number of hydrogen-bond donors (Lipinski definition) is 0. The van der Waals surface area contributed by atoms with Crippen LogP contribution < -0.4 is 0 Å². The number of aromatic nitrogens is 2. The monoisotopic (exact) mass is 325 g/mol. The molecule has 6 heteroatoms. The molecular weight excluding hydrogens is 302 g/mol. The summed E-state index contributed by atoms with van der Waals surface area (Å²) in [6, 6.07) is 1.83. The number of ether oxygens (including phenoxy) is 1. The van der Waals surface area contributed by atoms with Crippen molar-refractivity contribution in [3.63, 3.8) is 0 Å². The molecule has 2 heterocycles. The summed E-state index contributed by atoms with van der Waals surface area (Å²) >= 11 is 5.84. The lowest BCUT2D eigenvalue weighted by Crippen LogP contribution is -2.43. The van der Waals surface area contributed by atoms with Crippen LogP contribution in [0, 0.1) is 12.8 Å². The molecule has 2 rings (SSSR count). The molecule has 22 heavy (non-hydrogen) atoms. The molecule has 122 valence electrons. The van der Waals surface area contributed by atoms with E-state index in [9.17, 15) is 4.79 Å². The van der Waals surface area contributed by atoms with Gasteiger partial charge in [-0.1, -0.05) is 11.6 Å². The van der Waals surface area contributed by atoms with Gasteiger partial charge in [-0.2, -0.15) is 5.10 Å². The third-order valence-corrected chi connectivity index (χ3v) is 3.89. The Labute approximate surface area is 137 Å². The topological polar surface area (TPSA) is 55.3 Å². The average molecular weight is 326 g/mol. The quantitative estimate of drug-likeness (QED) is 0.833. The number of carbonyl (C=O) groups excluding carboxylic acids is 1. The molecule has 0 N–H and O–H groups in total. The van der Waals surface area contributed by atoms with Crippen molar-refractivity contribution in [2.75, 3.05) is 13.1 Å². The smallest absolute Gasteiger partial charge is 0.410 e. The Hall–Kier alpha value is -1.36. The summed E-state index contributed by atoms with van der Waals surface area (Å²) in [7, 11) is 0. The summed E-state index contributed by atoms with van der Waals surface area (Å²) in [6.45, 7) is 9.12. The first-order chi connectivity index (χ1) is 10.2. The summed E-state index contributed by atoms with van der Waals surface area (Å²) in [6.07, 6.45) is 2.67. The highest BCUT2D eigenvalue weighted by Crippen LogP contribution is 2.23. The number of piperidine rings is 1. The van der Waals surface area contributed by atoms with Crippen LogP contribution >= 0.6 is 11.6 Å². The second-order valence-electron chi connectivity index (χ2n) is 6.94. The van der Waals surface area contributed by atoms with E-state index in [2.05, 4.69) is 10.2 Å². The first-order valence-corrected chi connectivity index (χ1v) is 8.09. The fraction of sp³-hybridized carbons (Fsp3) is 0.688. The minimum absolute atomic E-state index is 0.226. The molecule has 1 unspecified atom stereocenters. The van der Waals surface area contributed by atoms with Crippen LogP contribution in [-0.2, 0) is 11.2 Å². The Morgan fingerprint density at radius 3 is 2.82 bits per heavy atom. The minimum atomic E-state index is -0.456. The molecule has 5 nitrogen and oxygen atoms in total. The molecule has 0 bridgehead atoms. The van der Waals surface area contributed by atoms with Crippen molar-refractivity contribution < 1.29 is 9.53 Å². The van der Waals surface area contributed by atoms with Gasteiger partial charge in [0.05, 0.1) is 5.69 Å². The van der Waals surface area contributed by atoms with Crippen LogP contribution in [0.25, 0.3) is 0 Å². The van der Waals surface area contributed by atoms with E-state index >= 15 is 0 Å². The average Bonchev–Trinajstić information content (AvgIpc) is 2.40. The summed E-state index contributed by atoms with van der Waals surface area (Å²) in [4.78, 5) is 14.0. The van der Waals surface area contributed by atoms with Crippen LogP contribution in [0.1, 0.15) is 44.9 Å². The fourth-order valence-electron chi connectivity index (χ4n) is 2.68. The number of aryl methyl sites for hydroxylation is 1. The van der Waals surface area contributed by atoms with E-state index < -0.39 is 5.60 Å². The maximum absolute atomic E-state index is 12.2. The molecule has 1 saturated heterocycles. The van der Waals surface area contributed by atoms with Gasteiger partial charge < -0.3 is 9.64 Å². The molecule has 0 aromatic carbocycles. The van der Waals surface area contributed by atoms with E-state index in [4.69, 9.17) is 16.3 Å². The number of nitrogens with zero attached hydrogens (tertiary/aromatic N) is 3. The van der Waals surface area contributed by atoms with Gasteiger partial charge in [-0.05, 0) is 64.5 Å². The van der Waals surface area contributed by atoms with Crippen LogP contribution in [0.5, 0.6) is 0 Å². The van der Waals surface area contributed by atoms with Gasteiger partial charge in [-0.25, -0.2) is 4.79 Å². The van der Waals surface area contributed by atoms with E-state index in [1.165, 1.54) is 0 Å². The first-order valence-electron chi connectivity index (χ1n) is 7.71. The highest BCUT2D eigenvalue weighted by molar-refractivity contribution is 6.29. The van der Waals surface area contributed by atoms with Crippen LogP contribution in [0.15, 0.2) is 6.07 Å². The van der Waals surface area contributed by atoms with E-state index in [0.29, 0.717) is 17.6 Å². The maximum Gasteiger partial charge on any atom is 0.410 e. The maximum atomic E-state index is 12.2. The Kier molecular flexibility index (Phi) is 5.27. The number of rotatable bonds is 2. The second kappa shape index (κ2) is 6.82. The molecule has 1 atom stereocenters. The highest BCUT2D eigenvalue weighted by Gasteiger charge is 2.28. The van der Waals surface area contributed by atoms with Crippen LogP contribution in [0.3, 0.4) is 0 Å². The van der Waals surface area contributed by atoms with Gasteiger partial charge in [0.2, 0.25) is 0 Å². The third-order valence-electron chi connectivity index (χ3n) is 3.71. The van der Waals surface area contributed by atoms with Gasteiger partial charge in [0.25, 0.3) is 0 Å². The Bertz CT molecular complexity index is 543. The van der Waals surface area contributed by atoms with Crippen LogP contribution in [-0.4, -0.2) is 39.9 Å². The summed E-state index contributed by atoms with van der Waals surface area (Å²) < 4.78 is 5.46. The molecular formula is C16H24ClN3O2. The summed E-state index contributed by atoms with van der Waals surface area (Å²) in [5.41, 5.74) is 1.55. The normalized spacial score (nSPS) is 19.1. The second-order valence-corrected chi connectivity index (χ2v) is 7.32. The SMILES string of the molecule is Cc1cc(Cl)nnc1CC1CCCN(C(=O)OC(C)(C)C)C1. The molecule has 0 saturated carbocycles. The number of amides is 1. The van der Waals surface area contributed by atoms with Crippen molar-refractivity contribution in [3.05, 3.63) is 22.5 Å². The number of likely N-dealkylation sites (tertiary alicyclic amines) is 1. The van der Waals surface area contributed by atoms with Gasteiger partial charge in [0, 0.05) is 13.1 Å². The molecule has 1 fully saturated rings. The van der Waals surface area contributed by atoms with E-state index in [1.807, 2.05) is 33.8 Å². The number of halogens is 1. The van der Waals surface area contributed by atoms with Crippen LogP contribution in [0.4, 0.5) is 4.79 Å². The molecule has 1 aliphatic rings. The highest BCUT2D eigenvalue weighted by atomic mass is 35.5. The zero-order valence-electron chi connectivity index (χ0n) is 13.7. The largest absolute Gasteiger partial charge is 0.444 e. The predicted octanol–water partition coefficient (Wildman–Crippen LogP) is 3.63. The Balaban J connectivity index is 1.97. The van der Waals surface area contributed by atoms with Gasteiger partial charge in [-0.3, -0.25) is 0 Å². The van der Waals surface area contributed by atoms with Crippen molar-refractivity contribution in [2.24, 2.45) is 5.92 Å². The lowest BCUT2D eigenvalue weighted by atomic mass is 9.92. The fourth-order valence-corrected chi connectivity index (χ4v) is 2.88. The number of carbonyl (C=O) groups is 1. The lowest BCUT2D eigenvalue weighted by Gasteiger charge is -2.34. The van der Waals surface area contributed by atoms with Crippen molar-refractivity contribution in [1.82, 2.24) is 15.1 Å². The van der Waals surface area contributed by atoms with Crippen molar-refractivity contribution in [1.29, 1.82) is 0 Å². The van der Waals surface area contributed by atoms with Gasteiger partial charge in [0.15, 0.2) is 5.15 Å². The Morgan fingerprint density at radius 2 is 2.18 bits per heavy atom. The molecule has 1 aliphatic heterocycles. The van der Waals surface area contributed by atoms with Crippen molar-refractivity contribution >= 4 is 17.7 Å². The van der Waals surface area contributed by atoms with E-state index in [-0.39, 0.29) is 6.09 Å². The van der Waals surface area contributed by atoms with Gasteiger partial charge in [0.1, 0.15) is 5.60 Å². The third kappa shape index (κ3) is 4.83. The van der Waals surface area contributed by atoms with Crippen LogP contribution in [0.2, 0.25) is 5.15 Å². The van der Waals surface area contributed by atoms with Crippen molar-refractivity contribution in [2.45, 2.75) is 52.6 Å². The zero-order chi connectivity index (χ0) is 16.3. The summed E-state index contributed by atoms with van der Waals surface area (Å²) in [5.74, 6) is 0.385. The zero-order valence-corrected chi connectivity index (χ0v) is 14.5. The number of hydrogen-bond acceptors (Lipinski definition) is 4. The first kappa shape index (κ1) is 17.0. The summed E-state index contributed by atoms with van der Waals surface area (Å²) in [5, 5.41) is 8.52. The Morgan fingerprint density at radius 1 is 1.45 bits per heavy atom. The molecule has 1 aromatic heterocycles. The molecule has 1 aromatic rings. The lowest BCUT2D eigenvalue weighted by molar-refractivity contribution is 0.0165. The molecule has 0 aliphatic carbocycles.